The van der Waals surface area contributed by atoms with Gasteiger partial charge in [0.05, 0.1) is 19.8 Å². The summed E-state index contributed by atoms with van der Waals surface area (Å²) in [6.45, 7) is 0. The third-order valence-electron chi connectivity index (χ3n) is 2.06. The highest BCUT2D eigenvalue weighted by Gasteiger charge is 2.15. The average molecular weight is 223 g/mol. The van der Waals surface area contributed by atoms with Crippen LogP contribution in [0.3, 0.4) is 0 Å². The van der Waals surface area contributed by atoms with Crippen molar-refractivity contribution < 1.29 is 19.4 Å². The molecule has 86 valence electrons. The Morgan fingerprint density at radius 2 is 2.06 bits per heavy atom. The molecule has 1 rings (SSSR count). The molecule has 0 atom stereocenters. The number of aromatic carboxylic acids is 1. The fraction of sp³-hybridized carbons (Fsp3) is 0.273. The maximum absolute atomic E-state index is 11.1. The summed E-state index contributed by atoms with van der Waals surface area (Å²) >= 11 is 0. The summed E-state index contributed by atoms with van der Waals surface area (Å²) in [5, 5.41) is 9.06. The van der Waals surface area contributed by atoms with Crippen molar-refractivity contribution in [1.82, 2.24) is 0 Å². The fourth-order valence-corrected chi connectivity index (χ4v) is 1.33. The van der Waals surface area contributed by atoms with Crippen LogP contribution in [-0.2, 0) is 0 Å². The van der Waals surface area contributed by atoms with Gasteiger partial charge in [-0.15, -0.1) is 0 Å². The zero-order valence-electron chi connectivity index (χ0n) is 9.35. The van der Waals surface area contributed by atoms with Gasteiger partial charge in [-0.3, -0.25) is 4.99 Å². The Balaban J connectivity index is 3.46. The van der Waals surface area contributed by atoms with Gasteiger partial charge in [-0.2, -0.15) is 0 Å². The molecule has 0 spiro atoms. The standard InChI is InChI=1S/C11H13NO4/c1-12-6-9-8(11(13)14)4-7(15-2)5-10(9)16-3/h4-6H,1-3H3,(H,13,14). The monoisotopic (exact) mass is 223 g/mol. The first kappa shape index (κ1) is 12.0. The van der Waals surface area contributed by atoms with E-state index in [9.17, 15) is 4.79 Å². The van der Waals surface area contributed by atoms with Crippen LogP contribution in [0, 0.1) is 0 Å². The lowest BCUT2D eigenvalue weighted by atomic mass is 10.1. The van der Waals surface area contributed by atoms with E-state index in [1.54, 1.807) is 13.1 Å². The van der Waals surface area contributed by atoms with E-state index in [1.807, 2.05) is 0 Å². The highest BCUT2D eigenvalue weighted by Crippen LogP contribution is 2.27. The molecule has 0 aliphatic heterocycles. The summed E-state index contributed by atoms with van der Waals surface area (Å²) < 4.78 is 10.1. The topological polar surface area (TPSA) is 68.1 Å². The van der Waals surface area contributed by atoms with E-state index >= 15 is 0 Å². The molecule has 0 unspecified atom stereocenters. The number of nitrogens with zero attached hydrogens (tertiary/aromatic N) is 1. The van der Waals surface area contributed by atoms with E-state index in [4.69, 9.17) is 14.6 Å². The molecule has 1 aromatic rings. The first-order chi connectivity index (χ1) is 7.63. The van der Waals surface area contributed by atoms with Crippen molar-refractivity contribution in [3.63, 3.8) is 0 Å². The number of carboxylic acid groups (broad SMARTS) is 1. The summed E-state index contributed by atoms with van der Waals surface area (Å²) in [5.41, 5.74) is 0.528. The van der Waals surface area contributed by atoms with Gasteiger partial charge in [0, 0.05) is 24.9 Å². The number of ether oxygens (including phenoxy) is 2. The van der Waals surface area contributed by atoms with E-state index in [-0.39, 0.29) is 5.56 Å². The number of benzene rings is 1. The van der Waals surface area contributed by atoms with Crippen LogP contribution in [0.15, 0.2) is 17.1 Å². The van der Waals surface area contributed by atoms with Gasteiger partial charge in [0.15, 0.2) is 0 Å². The Bertz CT molecular complexity index is 426. The molecule has 1 aromatic carbocycles. The maximum atomic E-state index is 11.1. The van der Waals surface area contributed by atoms with Gasteiger partial charge >= 0.3 is 5.97 Å². The van der Waals surface area contributed by atoms with Crippen LogP contribution < -0.4 is 9.47 Å². The van der Waals surface area contributed by atoms with E-state index in [2.05, 4.69) is 4.99 Å². The number of carbonyl (C=O) groups is 1. The van der Waals surface area contributed by atoms with Crippen molar-refractivity contribution in [3.05, 3.63) is 23.3 Å². The minimum Gasteiger partial charge on any atom is -0.497 e. The van der Waals surface area contributed by atoms with Crippen LogP contribution in [0.2, 0.25) is 0 Å². The predicted octanol–water partition coefficient (Wildman–Crippen LogP) is 1.45. The zero-order chi connectivity index (χ0) is 12.1. The number of hydrogen-bond acceptors (Lipinski definition) is 4. The number of methoxy groups -OCH3 is 2. The SMILES string of the molecule is CN=Cc1c(OC)cc(OC)cc1C(=O)O. The second kappa shape index (κ2) is 5.16. The van der Waals surface area contributed by atoms with Crippen molar-refractivity contribution in [2.24, 2.45) is 4.99 Å². The lowest BCUT2D eigenvalue weighted by Crippen LogP contribution is -2.05. The average Bonchev–Trinajstić information content (AvgIpc) is 2.29. The number of carboxylic acids is 1. The third kappa shape index (κ3) is 2.31. The molecule has 5 heteroatoms. The molecule has 0 amide bonds. The molecule has 0 aliphatic rings. The maximum Gasteiger partial charge on any atom is 0.336 e. The molecule has 0 radical (unpaired) electrons. The number of hydrogen-bond donors (Lipinski definition) is 1. The van der Waals surface area contributed by atoms with Gasteiger partial charge in [0.2, 0.25) is 0 Å². The second-order valence-corrected chi connectivity index (χ2v) is 2.98. The predicted molar refractivity (Wildman–Crippen MR) is 60.0 cm³/mol. The van der Waals surface area contributed by atoms with E-state index in [0.717, 1.165) is 0 Å². The highest BCUT2D eigenvalue weighted by molar-refractivity contribution is 6.00. The molecular formula is C11H13NO4. The minimum absolute atomic E-state index is 0.0989. The van der Waals surface area contributed by atoms with Gasteiger partial charge in [0.25, 0.3) is 0 Å². The number of aliphatic imine (C=N–C) groups is 1. The fourth-order valence-electron chi connectivity index (χ4n) is 1.33. The summed E-state index contributed by atoms with van der Waals surface area (Å²) in [4.78, 5) is 14.9. The van der Waals surface area contributed by atoms with E-state index in [0.29, 0.717) is 17.1 Å². The third-order valence-corrected chi connectivity index (χ3v) is 2.06. The van der Waals surface area contributed by atoms with Gasteiger partial charge in [-0.25, -0.2) is 4.79 Å². The Morgan fingerprint density at radius 1 is 1.38 bits per heavy atom. The van der Waals surface area contributed by atoms with E-state index in [1.165, 1.54) is 26.5 Å². The van der Waals surface area contributed by atoms with Gasteiger partial charge < -0.3 is 14.6 Å². The molecule has 0 heterocycles. The summed E-state index contributed by atoms with van der Waals surface area (Å²) in [6, 6.07) is 3.05. The molecule has 16 heavy (non-hydrogen) atoms. The molecule has 5 nitrogen and oxygen atoms in total. The Hall–Kier alpha value is -2.04. The van der Waals surface area contributed by atoms with Crippen molar-refractivity contribution in [1.29, 1.82) is 0 Å². The Kier molecular flexibility index (Phi) is 3.88. The second-order valence-electron chi connectivity index (χ2n) is 2.98. The van der Waals surface area contributed by atoms with Crippen molar-refractivity contribution in [2.75, 3.05) is 21.3 Å². The summed E-state index contributed by atoms with van der Waals surface area (Å²) in [5.74, 6) is -0.197. The quantitative estimate of drug-likeness (QED) is 0.784. The Morgan fingerprint density at radius 3 is 2.50 bits per heavy atom. The summed E-state index contributed by atoms with van der Waals surface area (Å²) in [6.07, 6.45) is 1.45. The van der Waals surface area contributed by atoms with Crippen LogP contribution in [0.1, 0.15) is 15.9 Å². The van der Waals surface area contributed by atoms with Crippen molar-refractivity contribution in [2.45, 2.75) is 0 Å². The molecule has 0 aromatic heterocycles. The highest BCUT2D eigenvalue weighted by atomic mass is 16.5. The van der Waals surface area contributed by atoms with Crippen LogP contribution in [-0.4, -0.2) is 38.6 Å². The molecule has 0 bridgehead atoms. The smallest absolute Gasteiger partial charge is 0.336 e. The Labute approximate surface area is 93.3 Å². The van der Waals surface area contributed by atoms with Crippen LogP contribution in [0.5, 0.6) is 11.5 Å². The first-order valence-electron chi connectivity index (χ1n) is 4.55. The molecule has 0 aliphatic carbocycles. The molecule has 0 fully saturated rings. The largest absolute Gasteiger partial charge is 0.497 e. The first-order valence-corrected chi connectivity index (χ1v) is 4.55. The molecule has 1 N–H and O–H groups in total. The molecule has 0 saturated heterocycles. The van der Waals surface area contributed by atoms with Gasteiger partial charge in [0.1, 0.15) is 11.5 Å². The van der Waals surface area contributed by atoms with Gasteiger partial charge in [-0.1, -0.05) is 0 Å². The molecular weight excluding hydrogens is 210 g/mol. The number of rotatable bonds is 4. The van der Waals surface area contributed by atoms with Crippen molar-refractivity contribution in [3.8, 4) is 11.5 Å². The normalized spacial score (nSPS) is 10.4. The van der Waals surface area contributed by atoms with Crippen LogP contribution in [0.25, 0.3) is 0 Å². The van der Waals surface area contributed by atoms with Crippen LogP contribution >= 0.6 is 0 Å². The van der Waals surface area contributed by atoms with Gasteiger partial charge in [-0.05, 0) is 6.07 Å². The zero-order valence-corrected chi connectivity index (χ0v) is 9.35. The lowest BCUT2D eigenvalue weighted by molar-refractivity contribution is 0.0696. The minimum atomic E-state index is -1.05. The lowest BCUT2D eigenvalue weighted by Gasteiger charge is -2.10. The van der Waals surface area contributed by atoms with Crippen molar-refractivity contribution >= 4 is 12.2 Å². The summed E-state index contributed by atoms with van der Waals surface area (Å²) in [7, 11) is 4.50. The van der Waals surface area contributed by atoms with Crippen LogP contribution in [0.4, 0.5) is 0 Å². The molecule has 0 saturated carbocycles. The van der Waals surface area contributed by atoms with E-state index < -0.39 is 5.97 Å².